The first-order valence-corrected chi connectivity index (χ1v) is 10.6. The van der Waals surface area contributed by atoms with Crippen LogP contribution in [0.2, 0.25) is 0 Å². The predicted octanol–water partition coefficient (Wildman–Crippen LogP) is 4.59. The van der Waals surface area contributed by atoms with Crippen molar-refractivity contribution >= 4 is 14.6 Å². The first-order valence-electron chi connectivity index (χ1n) is 9.52. The standard InChI is InChI=1S/C18H36N3O4P/c1-7-23-18(22)20-12-10-8-9-11-14-24-26(25-15-13-19-6)21(16(2)3)17(4)5/h16-17H,7-15H2,1-5H3,(H,20,22). The van der Waals surface area contributed by atoms with Gasteiger partial charge in [-0.05, 0) is 47.5 Å². The summed E-state index contributed by atoms with van der Waals surface area (Å²) in [4.78, 5) is 14.5. The number of ether oxygens (including phenoxy) is 1. The molecule has 0 aromatic rings. The Morgan fingerprint density at radius 2 is 1.69 bits per heavy atom. The number of alkyl carbamates (subject to hydrolysis) is 1. The molecule has 0 spiro atoms. The van der Waals surface area contributed by atoms with Crippen molar-refractivity contribution in [3.05, 3.63) is 11.4 Å². The van der Waals surface area contributed by atoms with Crippen LogP contribution in [0.4, 0.5) is 4.79 Å². The van der Waals surface area contributed by atoms with Gasteiger partial charge in [-0.15, -0.1) is 0 Å². The Bertz CT molecular complexity index is 394. The minimum Gasteiger partial charge on any atom is -0.450 e. The average molecular weight is 389 g/mol. The Morgan fingerprint density at radius 3 is 2.27 bits per heavy atom. The Kier molecular flexibility index (Phi) is 15.7. The third-order valence-electron chi connectivity index (χ3n) is 3.47. The molecule has 0 aliphatic carbocycles. The van der Waals surface area contributed by atoms with Crippen LogP contribution in [0.5, 0.6) is 0 Å². The fourth-order valence-electron chi connectivity index (χ4n) is 2.40. The first kappa shape index (κ1) is 25.1. The Balaban J connectivity index is 4.05. The molecule has 0 heterocycles. The van der Waals surface area contributed by atoms with Gasteiger partial charge in [0.2, 0.25) is 6.54 Å². The van der Waals surface area contributed by atoms with Crippen molar-refractivity contribution < 1.29 is 18.6 Å². The summed E-state index contributed by atoms with van der Waals surface area (Å²) in [6.45, 7) is 19.7. The number of unbranched alkanes of at least 4 members (excludes halogenated alkanes) is 3. The molecule has 0 saturated carbocycles. The van der Waals surface area contributed by atoms with E-state index in [2.05, 4.69) is 42.5 Å². The lowest BCUT2D eigenvalue weighted by Crippen LogP contribution is -2.33. The maximum Gasteiger partial charge on any atom is 0.407 e. The van der Waals surface area contributed by atoms with Gasteiger partial charge >= 0.3 is 6.09 Å². The van der Waals surface area contributed by atoms with E-state index < -0.39 is 8.53 Å². The van der Waals surface area contributed by atoms with Gasteiger partial charge in [-0.2, -0.15) is 0 Å². The molecule has 1 N–H and O–H groups in total. The van der Waals surface area contributed by atoms with Crippen LogP contribution in [-0.2, 0) is 13.8 Å². The second-order valence-electron chi connectivity index (χ2n) is 6.41. The van der Waals surface area contributed by atoms with Crippen LogP contribution in [0, 0.1) is 6.57 Å². The number of nitrogens with one attached hydrogen (secondary N) is 1. The lowest BCUT2D eigenvalue weighted by Gasteiger charge is -2.35. The molecule has 0 radical (unpaired) electrons. The summed E-state index contributed by atoms with van der Waals surface area (Å²) in [7, 11) is -1.14. The van der Waals surface area contributed by atoms with E-state index in [-0.39, 0.29) is 6.09 Å². The highest BCUT2D eigenvalue weighted by Gasteiger charge is 2.27. The SMILES string of the molecule is [C-]#[N+]CCOP(OCCCCCCNC(=O)OCC)N(C(C)C)C(C)C. The molecule has 0 aromatic carbocycles. The Labute approximate surface area is 160 Å². The van der Waals surface area contributed by atoms with Gasteiger partial charge in [-0.3, -0.25) is 0 Å². The molecule has 8 heteroatoms. The lowest BCUT2D eigenvalue weighted by atomic mass is 10.2. The van der Waals surface area contributed by atoms with Crippen molar-refractivity contribution in [1.29, 1.82) is 0 Å². The second kappa shape index (κ2) is 16.3. The van der Waals surface area contributed by atoms with Crippen LogP contribution < -0.4 is 5.32 Å². The first-order chi connectivity index (χ1) is 12.4. The number of amides is 1. The van der Waals surface area contributed by atoms with E-state index in [1.165, 1.54) is 0 Å². The van der Waals surface area contributed by atoms with Crippen molar-refractivity contribution in [2.24, 2.45) is 0 Å². The molecular weight excluding hydrogens is 353 g/mol. The van der Waals surface area contributed by atoms with E-state index in [4.69, 9.17) is 20.4 Å². The molecule has 26 heavy (non-hydrogen) atoms. The number of nitrogens with zero attached hydrogens (tertiary/aromatic N) is 2. The average Bonchev–Trinajstić information content (AvgIpc) is 2.56. The van der Waals surface area contributed by atoms with Crippen molar-refractivity contribution in [2.75, 3.05) is 32.9 Å². The highest BCUT2D eigenvalue weighted by molar-refractivity contribution is 7.44. The van der Waals surface area contributed by atoms with Crippen molar-refractivity contribution in [3.63, 3.8) is 0 Å². The van der Waals surface area contributed by atoms with Gasteiger partial charge in [-0.25, -0.2) is 16.0 Å². The Morgan fingerprint density at radius 1 is 1.08 bits per heavy atom. The van der Waals surface area contributed by atoms with Crippen LogP contribution in [0.1, 0.15) is 60.3 Å². The predicted molar refractivity (Wildman–Crippen MR) is 106 cm³/mol. The zero-order valence-electron chi connectivity index (χ0n) is 17.0. The fourth-order valence-corrected chi connectivity index (χ4v) is 4.02. The monoisotopic (exact) mass is 389 g/mol. The van der Waals surface area contributed by atoms with E-state index in [0.29, 0.717) is 45.0 Å². The van der Waals surface area contributed by atoms with E-state index in [9.17, 15) is 4.79 Å². The maximum absolute atomic E-state index is 11.1. The molecule has 1 atom stereocenters. The number of rotatable bonds is 15. The third kappa shape index (κ3) is 12.4. The number of carbonyl (C=O) groups is 1. The largest absolute Gasteiger partial charge is 0.450 e. The summed E-state index contributed by atoms with van der Waals surface area (Å²) in [5.41, 5.74) is 0. The molecule has 0 aliphatic rings. The van der Waals surface area contributed by atoms with Gasteiger partial charge in [0, 0.05) is 18.6 Å². The molecule has 0 rings (SSSR count). The van der Waals surface area contributed by atoms with Gasteiger partial charge in [0.25, 0.3) is 8.53 Å². The highest BCUT2D eigenvalue weighted by Crippen LogP contribution is 2.45. The second-order valence-corrected chi connectivity index (χ2v) is 7.87. The highest BCUT2D eigenvalue weighted by atomic mass is 31.2. The van der Waals surface area contributed by atoms with Crippen LogP contribution >= 0.6 is 8.53 Å². The number of hydrogen-bond donors (Lipinski definition) is 1. The van der Waals surface area contributed by atoms with E-state index in [1.54, 1.807) is 6.92 Å². The third-order valence-corrected chi connectivity index (χ3v) is 5.58. The smallest absolute Gasteiger partial charge is 0.407 e. The molecular formula is C18H36N3O4P. The zero-order chi connectivity index (χ0) is 19.8. The van der Waals surface area contributed by atoms with Crippen molar-refractivity contribution in [1.82, 2.24) is 9.99 Å². The minimum atomic E-state index is -1.14. The van der Waals surface area contributed by atoms with Gasteiger partial charge in [-0.1, -0.05) is 12.8 Å². The van der Waals surface area contributed by atoms with Crippen LogP contribution in [0.15, 0.2) is 0 Å². The maximum atomic E-state index is 11.1. The molecule has 0 fully saturated rings. The summed E-state index contributed by atoms with van der Waals surface area (Å²) in [6.07, 6.45) is 3.61. The minimum absolute atomic E-state index is 0.322. The van der Waals surface area contributed by atoms with Crippen LogP contribution in [0.3, 0.4) is 0 Å². The molecule has 1 unspecified atom stereocenters. The topological polar surface area (TPSA) is 64.4 Å². The molecule has 7 nitrogen and oxygen atoms in total. The molecule has 0 saturated heterocycles. The van der Waals surface area contributed by atoms with Gasteiger partial charge < -0.3 is 23.9 Å². The van der Waals surface area contributed by atoms with E-state index in [1.807, 2.05) is 0 Å². The number of carbonyl (C=O) groups excluding carboxylic acids is 1. The lowest BCUT2D eigenvalue weighted by molar-refractivity contribution is 0.152. The van der Waals surface area contributed by atoms with Gasteiger partial charge in [0.15, 0.2) is 0 Å². The van der Waals surface area contributed by atoms with Crippen molar-refractivity contribution in [2.45, 2.75) is 72.4 Å². The summed E-state index contributed by atoms with van der Waals surface area (Å²) >= 11 is 0. The molecule has 1 amide bonds. The molecule has 0 aliphatic heterocycles. The summed E-state index contributed by atoms with van der Waals surface area (Å²) in [6, 6.07) is 0.644. The Hall–Kier alpha value is -0.930. The molecule has 0 bridgehead atoms. The molecule has 0 aromatic heterocycles. The summed E-state index contributed by atoms with van der Waals surface area (Å²) in [5, 5.41) is 2.72. The zero-order valence-corrected chi connectivity index (χ0v) is 17.9. The van der Waals surface area contributed by atoms with Crippen molar-refractivity contribution in [3.8, 4) is 0 Å². The van der Waals surface area contributed by atoms with Crippen LogP contribution in [0.25, 0.3) is 4.85 Å². The summed E-state index contributed by atoms with van der Waals surface area (Å²) < 4.78 is 18.9. The van der Waals surface area contributed by atoms with E-state index >= 15 is 0 Å². The normalized spacial score (nSPS) is 12.4. The van der Waals surface area contributed by atoms with Gasteiger partial charge in [0.05, 0.1) is 13.2 Å². The quantitative estimate of drug-likeness (QED) is 0.252. The number of hydrogen-bond acceptors (Lipinski definition) is 5. The fraction of sp³-hybridized carbons (Fsp3) is 0.889. The summed E-state index contributed by atoms with van der Waals surface area (Å²) in [5.74, 6) is 0. The molecule has 152 valence electrons. The van der Waals surface area contributed by atoms with E-state index in [0.717, 1.165) is 25.7 Å². The van der Waals surface area contributed by atoms with Crippen LogP contribution in [-0.4, -0.2) is 55.8 Å². The van der Waals surface area contributed by atoms with Gasteiger partial charge in [0.1, 0.15) is 6.61 Å².